The molecule has 1 saturated heterocycles. The van der Waals surface area contributed by atoms with Gasteiger partial charge in [0, 0.05) is 23.8 Å². The molecule has 0 aliphatic carbocycles. The van der Waals surface area contributed by atoms with E-state index >= 15 is 0 Å². The van der Waals surface area contributed by atoms with Crippen LogP contribution < -0.4 is 14.8 Å². The highest BCUT2D eigenvalue weighted by molar-refractivity contribution is 7.89. The number of halogens is 2. The van der Waals surface area contributed by atoms with Crippen LogP contribution in [0.3, 0.4) is 0 Å². The number of sulfonamides is 1. The van der Waals surface area contributed by atoms with Crippen molar-refractivity contribution < 1.29 is 27.4 Å². The molecule has 0 spiro atoms. The number of hydrogen-bond donors (Lipinski definition) is 1. The van der Waals surface area contributed by atoms with E-state index in [4.69, 9.17) is 37.4 Å². The summed E-state index contributed by atoms with van der Waals surface area (Å²) in [4.78, 5) is 12.2. The fourth-order valence-corrected chi connectivity index (χ4v) is 4.87. The molecule has 3 rings (SSSR count). The van der Waals surface area contributed by atoms with Crippen molar-refractivity contribution in [3.63, 3.8) is 0 Å². The zero-order valence-electron chi connectivity index (χ0n) is 16.1. The molecule has 11 heteroatoms. The van der Waals surface area contributed by atoms with Crippen LogP contribution in [0.25, 0.3) is 0 Å². The number of carbonyl (C=O) groups is 1. The van der Waals surface area contributed by atoms with Gasteiger partial charge in [0.2, 0.25) is 10.0 Å². The lowest BCUT2D eigenvalue weighted by Crippen LogP contribution is -2.40. The molecule has 8 nitrogen and oxygen atoms in total. The first-order chi connectivity index (χ1) is 14.3. The Morgan fingerprint density at radius 2 is 1.83 bits per heavy atom. The highest BCUT2D eigenvalue weighted by Gasteiger charge is 2.29. The molecule has 1 aliphatic heterocycles. The largest absolute Gasteiger partial charge is 0.495 e. The maximum atomic E-state index is 13.0. The Bertz CT molecular complexity index is 1030. The van der Waals surface area contributed by atoms with Gasteiger partial charge in [0.1, 0.15) is 16.4 Å². The Morgan fingerprint density at radius 1 is 1.13 bits per heavy atom. The number of ether oxygens (including phenoxy) is 3. The van der Waals surface area contributed by atoms with Gasteiger partial charge >= 0.3 is 0 Å². The van der Waals surface area contributed by atoms with Gasteiger partial charge in [-0.3, -0.25) is 4.79 Å². The molecule has 2 aromatic rings. The summed E-state index contributed by atoms with van der Waals surface area (Å²) in [7, 11) is -2.43. The highest BCUT2D eigenvalue weighted by atomic mass is 35.5. The molecule has 0 aromatic heterocycles. The van der Waals surface area contributed by atoms with E-state index in [1.165, 1.54) is 29.6 Å². The van der Waals surface area contributed by atoms with Crippen molar-refractivity contribution in [3.8, 4) is 11.5 Å². The number of benzene rings is 2. The highest BCUT2D eigenvalue weighted by Crippen LogP contribution is 2.30. The van der Waals surface area contributed by atoms with E-state index in [-0.39, 0.29) is 35.4 Å². The number of nitrogens with one attached hydrogen (secondary N) is 1. The number of amides is 1. The maximum absolute atomic E-state index is 13.0. The fourth-order valence-electron chi connectivity index (χ4n) is 2.81. The van der Waals surface area contributed by atoms with Gasteiger partial charge in [-0.15, -0.1) is 0 Å². The average molecular weight is 475 g/mol. The van der Waals surface area contributed by atoms with Crippen molar-refractivity contribution in [2.24, 2.45) is 0 Å². The Kier molecular flexibility index (Phi) is 7.43. The molecule has 1 amide bonds. The van der Waals surface area contributed by atoms with Crippen LogP contribution in [-0.2, 0) is 19.6 Å². The van der Waals surface area contributed by atoms with E-state index in [9.17, 15) is 13.2 Å². The van der Waals surface area contributed by atoms with Crippen LogP contribution in [0.1, 0.15) is 0 Å². The number of nitrogens with zero attached hydrogens (tertiary/aromatic N) is 1. The minimum absolute atomic E-state index is 0.0358. The summed E-state index contributed by atoms with van der Waals surface area (Å²) >= 11 is 11.8. The van der Waals surface area contributed by atoms with Gasteiger partial charge < -0.3 is 19.5 Å². The molecule has 0 saturated carbocycles. The summed E-state index contributed by atoms with van der Waals surface area (Å²) in [5.41, 5.74) is 0.290. The number of carbonyl (C=O) groups excluding carboxylic acids is 1. The van der Waals surface area contributed by atoms with Crippen molar-refractivity contribution in [1.82, 2.24) is 4.31 Å². The minimum Gasteiger partial charge on any atom is -0.495 e. The quantitative estimate of drug-likeness (QED) is 0.662. The van der Waals surface area contributed by atoms with Gasteiger partial charge in [-0.25, -0.2) is 8.42 Å². The van der Waals surface area contributed by atoms with Crippen LogP contribution in [0.5, 0.6) is 11.5 Å². The zero-order valence-corrected chi connectivity index (χ0v) is 18.4. The first kappa shape index (κ1) is 22.6. The van der Waals surface area contributed by atoms with Crippen molar-refractivity contribution in [3.05, 3.63) is 46.4 Å². The van der Waals surface area contributed by atoms with E-state index in [0.29, 0.717) is 29.7 Å². The van der Waals surface area contributed by atoms with E-state index in [1.807, 2.05) is 0 Å². The fraction of sp³-hybridized carbons (Fsp3) is 0.316. The van der Waals surface area contributed by atoms with Gasteiger partial charge in [0.25, 0.3) is 5.91 Å². The van der Waals surface area contributed by atoms with Crippen LogP contribution in [0, 0.1) is 0 Å². The molecular weight excluding hydrogens is 455 g/mol. The molecule has 2 aromatic carbocycles. The number of hydrogen-bond acceptors (Lipinski definition) is 6. The molecule has 162 valence electrons. The second-order valence-electron chi connectivity index (χ2n) is 6.29. The standard InChI is InChI=1S/C19H20Cl2N2O6S/c1-27-17-5-3-14(11-18(17)30(25,26)23-6-8-28-9-7-23)22-19(24)12-29-16-4-2-13(20)10-15(16)21/h2-5,10-11H,6-9,12H2,1H3,(H,22,24). The summed E-state index contributed by atoms with van der Waals surface area (Å²) in [6.45, 7) is 0.819. The van der Waals surface area contributed by atoms with E-state index in [2.05, 4.69) is 5.32 Å². The van der Waals surface area contributed by atoms with Crippen molar-refractivity contribution in [1.29, 1.82) is 0 Å². The van der Waals surface area contributed by atoms with Crippen molar-refractivity contribution in [2.75, 3.05) is 45.3 Å². The third-order valence-corrected chi connectivity index (χ3v) is 6.74. The van der Waals surface area contributed by atoms with Crippen LogP contribution >= 0.6 is 23.2 Å². The van der Waals surface area contributed by atoms with Gasteiger partial charge in [0.05, 0.1) is 25.3 Å². The summed E-state index contributed by atoms with van der Waals surface area (Å²) < 4.78 is 43.2. The van der Waals surface area contributed by atoms with E-state index in [1.54, 1.807) is 18.2 Å². The smallest absolute Gasteiger partial charge is 0.262 e. The molecule has 0 radical (unpaired) electrons. The Hall–Kier alpha value is -2.04. The van der Waals surface area contributed by atoms with E-state index < -0.39 is 15.9 Å². The topological polar surface area (TPSA) is 94.2 Å². The normalized spacial score (nSPS) is 14.9. The molecule has 0 bridgehead atoms. The van der Waals surface area contributed by atoms with Gasteiger partial charge in [-0.1, -0.05) is 23.2 Å². The second-order valence-corrected chi connectivity index (χ2v) is 9.04. The molecule has 1 aliphatic rings. The van der Waals surface area contributed by atoms with Gasteiger partial charge in [-0.05, 0) is 36.4 Å². The number of anilines is 1. The predicted octanol–water partition coefficient (Wildman–Crippen LogP) is 3.04. The second kappa shape index (κ2) is 9.84. The summed E-state index contributed by atoms with van der Waals surface area (Å²) in [6.07, 6.45) is 0. The lowest BCUT2D eigenvalue weighted by Gasteiger charge is -2.26. The predicted molar refractivity (Wildman–Crippen MR) is 113 cm³/mol. The molecule has 0 unspecified atom stereocenters. The van der Waals surface area contributed by atoms with Crippen LogP contribution in [0.15, 0.2) is 41.3 Å². The molecule has 0 atom stereocenters. The lowest BCUT2D eigenvalue weighted by atomic mass is 10.3. The lowest BCUT2D eigenvalue weighted by molar-refractivity contribution is -0.118. The van der Waals surface area contributed by atoms with Crippen molar-refractivity contribution >= 4 is 44.8 Å². The van der Waals surface area contributed by atoms with Crippen LogP contribution in [0.4, 0.5) is 5.69 Å². The number of morpholine rings is 1. The SMILES string of the molecule is COc1ccc(NC(=O)COc2ccc(Cl)cc2Cl)cc1S(=O)(=O)N1CCOCC1. The number of rotatable bonds is 7. The maximum Gasteiger partial charge on any atom is 0.262 e. The van der Waals surface area contributed by atoms with E-state index in [0.717, 1.165) is 0 Å². The van der Waals surface area contributed by atoms with Crippen LogP contribution in [0.2, 0.25) is 10.0 Å². The number of methoxy groups -OCH3 is 1. The Labute approximate surface area is 184 Å². The zero-order chi connectivity index (χ0) is 21.7. The molecule has 1 N–H and O–H groups in total. The van der Waals surface area contributed by atoms with Crippen molar-refractivity contribution in [2.45, 2.75) is 4.90 Å². The third kappa shape index (κ3) is 5.35. The Morgan fingerprint density at radius 3 is 2.50 bits per heavy atom. The summed E-state index contributed by atoms with van der Waals surface area (Å²) in [5.74, 6) is 0.00567. The first-order valence-electron chi connectivity index (χ1n) is 8.95. The molecular formula is C19H20Cl2N2O6S. The van der Waals surface area contributed by atoms with Crippen LogP contribution in [-0.4, -0.2) is 58.7 Å². The average Bonchev–Trinajstić information content (AvgIpc) is 2.73. The van der Waals surface area contributed by atoms with Gasteiger partial charge in [0.15, 0.2) is 6.61 Å². The molecule has 1 heterocycles. The first-order valence-corrected chi connectivity index (χ1v) is 11.1. The third-order valence-electron chi connectivity index (χ3n) is 4.29. The molecule has 30 heavy (non-hydrogen) atoms. The summed E-state index contributed by atoms with van der Waals surface area (Å²) in [5, 5.41) is 3.34. The Balaban J connectivity index is 1.73. The van der Waals surface area contributed by atoms with Gasteiger partial charge in [-0.2, -0.15) is 4.31 Å². The molecule has 1 fully saturated rings. The summed E-state index contributed by atoms with van der Waals surface area (Å²) in [6, 6.07) is 9.04. The monoisotopic (exact) mass is 474 g/mol. The minimum atomic E-state index is -3.81.